The third kappa shape index (κ3) is 3.27. The highest BCUT2D eigenvalue weighted by Crippen LogP contribution is 2.07. The molecule has 1 aliphatic rings. The van der Waals surface area contributed by atoms with Crippen LogP contribution in [0.3, 0.4) is 0 Å². The summed E-state index contributed by atoms with van der Waals surface area (Å²) in [6, 6.07) is 0.00997. The largest absolute Gasteiger partial charge is 0.377 e. The van der Waals surface area contributed by atoms with Gasteiger partial charge in [0.05, 0.1) is 18.8 Å². The van der Waals surface area contributed by atoms with E-state index in [1.807, 2.05) is 20.9 Å². The summed E-state index contributed by atoms with van der Waals surface area (Å²) in [5.74, 6) is 0.203. The van der Waals surface area contributed by atoms with Gasteiger partial charge in [-0.25, -0.2) is 0 Å². The molecular weight excluding hydrogens is 180 g/mol. The van der Waals surface area contributed by atoms with Crippen LogP contribution in [0.25, 0.3) is 0 Å². The van der Waals surface area contributed by atoms with Gasteiger partial charge in [0.2, 0.25) is 5.91 Å². The van der Waals surface area contributed by atoms with Crippen molar-refractivity contribution in [1.29, 1.82) is 0 Å². The van der Waals surface area contributed by atoms with E-state index < -0.39 is 0 Å². The Morgan fingerprint density at radius 2 is 2.36 bits per heavy atom. The maximum absolute atomic E-state index is 11.5. The molecule has 0 spiro atoms. The lowest BCUT2D eigenvalue weighted by Crippen LogP contribution is -2.38. The Morgan fingerprint density at radius 1 is 1.64 bits per heavy atom. The van der Waals surface area contributed by atoms with Crippen molar-refractivity contribution in [3.63, 3.8) is 0 Å². The zero-order valence-corrected chi connectivity index (χ0v) is 9.25. The molecule has 4 heteroatoms. The highest BCUT2D eigenvalue weighted by atomic mass is 16.5. The summed E-state index contributed by atoms with van der Waals surface area (Å²) in [5, 5.41) is 3.20. The molecule has 0 saturated carbocycles. The van der Waals surface area contributed by atoms with Crippen LogP contribution in [0, 0.1) is 0 Å². The minimum Gasteiger partial charge on any atom is -0.377 e. The first-order valence-electron chi connectivity index (χ1n) is 5.21. The summed E-state index contributed by atoms with van der Waals surface area (Å²) < 4.78 is 5.38. The summed E-state index contributed by atoms with van der Waals surface area (Å²) in [6.07, 6.45) is 1.18. The first-order chi connectivity index (χ1) is 6.61. The molecular formula is C10H20N2O2. The highest BCUT2D eigenvalue weighted by Gasteiger charge is 2.27. The van der Waals surface area contributed by atoms with Crippen LogP contribution in [0.5, 0.6) is 0 Å². The molecule has 1 N–H and O–H groups in total. The van der Waals surface area contributed by atoms with Crippen LogP contribution in [0.4, 0.5) is 0 Å². The fourth-order valence-corrected chi connectivity index (χ4v) is 1.54. The lowest BCUT2D eigenvalue weighted by molar-refractivity contribution is -0.128. The van der Waals surface area contributed by atoms with Crippen LogP contribution in [-0.4, -0.2) is 49.7 Å². The summed E-state index contributed by atoms with van der Waals surface area (Å²) in [7, 11) is 1.84. The van der Waals surface area contributed by atoms with Gasteiger partial charge in [-0.1, -0.05) is 0 Å². The van der Waals surface area contributed by atoms with Crippen molar-refractivity contribution >= 4 is 5.91 Å². The summed E-state index contributed by atoms with van der Waals surface area (Å²) >= 11 is 0. The second-order valence-electron chi connectivity index (χ2n) is 3.97. The minimum atomic E-state index is 0.00997. The van der Waals surface area contributed by atoms with Crippen LogP contribution < -0.4 is 5.32 Å². The molecule has 0 radical (unpaired) electrons. The van der Waals surface area contributed by atoms with Crippen LogP contribution in [0.2, 0.25) is 0 Å². The predicted octanol–water partition coefficient (Wildman–Crippen LogP) is 0.232. The Bertz CT molecular complexity index is 195. The van der Waals surface area contributed by atoms with E-state index in [1.54, 1.807) is 4.90 Å². The smallest absolute Gasteiger partial charge is 0.239 e. The Hall–Kier alpha value is -0.610. The fourth-order valence-electron chi connectivity index (χ4n) is 1.54. The Balaban J connectivity index is 2.10. The van der Waals surface area contributed by atoms with Crippen molar-refractivity contribution in [3.8, 4) is 0 Å². The van der Waals surface area contributed by atoms with Gasteiger partial charge in [-0.3, -0.25) is 4.79 Å². The van der Waals surface area contributed by atoms with Gasteiger partial charge in [0.25, 0.3) is 0 Å². The van der Waals surface area contributed by atoms with E-state index in [2.05, 4.69) is 5.32 Å². The lowest BCUT2D eigenvalue weighted by Gasteiger charge is -2.13. The van der Waals surface area contributed by atoms with E-state index in [4.69, 9.17) is 4.74 Å². The molecule has 1 saturated heterocycles. The van der Waals surface area contributed by atoms with Gasteiger partial charge in [0.15, 0.2) is 0 Å². The van der Waals surface area contributed by atoms with Gasteiger partial charge in [0.1, 0.15) is 0 Å². The number of amides is 1. The Kier molecular flexibility index (Phi) is 4.35. The number of hydrogen-bond donors (Lipinski definition) is 1. The molecule has 1 fully saturated rings. The summed E-state index contributed by atoms with van der Waals surface area (Å²) in [6.45, 7) is 6.30. The molecule has 1 heterocycles. The monoisotopic (exact) mass is 200 g/mol. The molecule has 82 valence electrons. The fraction of sp³-hybridized carbons (Fsp3) is 0.900. The highest BCUT2D eigenvalue weighted by molar-refractivity contribution is 5.83. The van der Waals surface area contributed by atoms with Crippen LogP contribution >= 0.6 is 0 Å². The first-order valence-corrected chi connectivity index (χ1v) is 5.21. The molecule has 4 nitrogen and oxygen atoms in total. The molecule has 0 aliphatic carbocycles. The minimum absolute atomic E-state index is 0.00997. The molecule has 0 aromatic heterocycles. The molecule has 1 amide bonds. The van der Waals surface area contributed by atoms with E-state index in [-0.39, 0.29) is 18.1 Å². The van der Waals surface area contributed by atoms with Gasteiger partial charge < -0.3 is 15.0 Å². The second kappa shape index (κ2) is 5.32. The number of nitrogens with zero attached hydrogens (tertiary/aromatic N) is 1. The summed E-state index contributed by atoms with van der Waals surface area (Å²) in [4.78, 5) is 13.2. The van der Waals surface area contributed by atoms with Crippen molar-refractivity contribution in [1.82, 2.24) is 10.2 Å². The van der Waals surface area contributed by atoms with Gasteiger partial charge in [-0.2, -0.15) is 0 Å². The average molecular weight is 200 g/mol. The van der Waals surface area contributed by atoms with Gasteiger partial charge >= 0.3 is 0 Å². The van der Waals surface area contributed by atoms with Crippen molar-refractivity contribution in [2.24, 2.45) is 0 Å². The lowest BCUT2D eigenvalue weighted by atomic mass is 10.2. The number of carbonyl (C=O) groups excluding carboxylic acids is 1. The van der Waals surface area contributed by atoms with E-state index in [9.17, 15) is 4.79 Å². The number of nitrogens with one attached hydrogen (secondary N) is 1. The van der Waals surface area contributed by atoms with Crippen molar-refractivity contribution in [2.75, 3.05) is 26.7 Å². The average Bonchev–Trinajstić information content (AvgIpc) is 2.43. The topological polar surface area (TPSA) is 41.6 Å². The van der Waals surface area contributed by atoms with Crippen molar-refractivity contribution in [3.05, 3.63) is 0 Å². The summed E-state index contributed by atoms with van der Waals surface area (Å²) in [5.41, 5.74) is 0. The maximum atomic E-state index is 11.5. The van der Waals surface area contributed by atoms with E-state index in [0.29, 0.717) is 6.61 Å². The number of likely N-dealkylation sites (tertiary alicyclic amines) is 1. The number of ether oxygens (including phenoxy) is 1. The van der Waals surface area contributed by atoms with Gasteiger partial charge in [0, 0.05) is 20.1 Å². The SMILES string of the molecule is CC(C)OCCNC1CCN(C)C1=O. The molecule has 0 aromatic rings. The van der Waals surface area contributed by atoms with E-state index in [0.717, 1.165) is 19.5 Å². The molecule has 0 bridgehead atoms. The normalized spacial score (nSPS) is 22.4. The van der Waals surface area contributed by atoms with E-state index >= 15 is 0 Å². The molecule has 1 rings (SSSR count). The van der Waals surface area contributed by atoms with E-state index in [1.165, 1.54) is 0 Å². The first kappa shape index (κ1) is 11.5. The zero-order valence-electron chi connectivity index (χ0n) is 9.25. The third-order valence-electron chi connectivity index (χ3n) is 2.37. The van der Waals surface area contributed by atoms with Gasteiger partial charge in [-0.15, -0.1) is 0 Å². The maximum Gasteiger partial charge on any atom is 0.239 e. The predicted molar refractivity (Wildman–Crippen MR) is 55.1 cm³/mol. The number of likely N-dealkylation sites (N-methyl/N-ethyl adjacent to an activating group) is 1. The molecule has 1 unspecified atom stereocenters. The van der Waals surface area contributed by atoms with Gasteiger partial charge in [-0.05, 0) is 20.3 Å². The zero-order chi connectivity index (χ0) is 10.6. The molecule has 0 aromatic carbocycles. The molecule has 1 aliphatic heterocycles. The molecule has 1 atom stereocenters. The van der Waals surface area contributed by atoms with Crippen molar-refractivity contribution < 1.29 is 9.53 Å². The second-order valence-corrected chi connectivity index (χ2v) is 3.97. The van der Waals surface area contributed by atoms with Crippen LogP contribution in [0.1, 0.15) is 20.3 Å². The Morgan fingerprint density at radius 3 is 2.86 bits per heavy atom. The molecule has 14 heavy (non-hydrogen) atoms. The standard InChI is InChI=1S/C10H20N2O2/c1-8(2)14-7-5-11-9-4-6-12(3)10(9)13/h8-9,11H,4-7H2,1-3H3. The number of rotatable bonds is 5. The van der Waals surface area contributed by atoms with Crippen molar-refractivity contribution in [2.45, 2.75) is 32.4 Å². The third-order valence-corrected chi connectivity index (χ3v) is 2.37. The number of hydrogen-bond acceptors (Lipinski definition) is 3. The number of carbonyl (C=O) groups is 1. The Labute approximate surface area is 85.6 Å². The quantitative estimate of drug-likeness (QED) is 0.646. The van der Waals surface area contributed by atoms with Crippen LogP contribution in [-0.2, 0) is 9.53 Å². The van der Waals surface area contributed by atoms with Crippen LogP contribution in [0.15, 0.2) is 0 Å².